The number of carbonyl (C=O) groups excluding carboxylic acids is 1. The molecule has 3 aromatic carbocycles. The summed E-state index contributed by atoms with van der Waals surface area (Å²) >= 11 is 0. The second-order valence-electron chi connectivity index (χ2n) is 7.50. The Hall–Kier alpha value is -3.40. The first-order chi connectivity index (χ1) is 14.0. The Morgan fingerprint density at radius 2 is 1.52 bits per heavy atom. The fourth-order valence-electron chi connectivity index (χ4n) is 3.76. The third kappa shape index (κ3) is 3.42. The van der Waals surface area contributed by atoms with Crippen molar-refractivity contribution in [3.63, 3.8) is 0 Å². The molecule has 29 heavy (non-hydrogen) atoms. The van der Waals surface area contributed by atoms with Crippen molar-refractivity contribution >= 4 is 17.2 Å². The highest BCUT2D eigenvalue weighted by Gasteiger charge is 2.41. The summed E-state index contributed by atoms with van der Waals surface area (Å²) in [6, 6.07) is 22.7. The summed E-state index contributed by atoms with van der Waals surface area (Å²) in [6.07, 6.45) is 0. The lowest BCUT2D eigenvalue weighted by Crippen LogP contribution is -2.30. The fourth-order valence-corrected chi connectivity index (χ4v) is 3.76. The van der Waals surface area contributed by atoms with Crippen molar-refractivity contribution in [3.05, 3.63) is 107 Å². The second kappa shape index (κ2) is 7.55. The predicted molar refractivity (Wildman–Crippen MR) is 113 cm³/mol. The molecule has 1 aliphatic rings. The number of aliphatic hydroxyl groups excluding tert-OH is 1. The molecular weight excluding hydrogens is 365 g/mol. The number of rotatable bonds is 4. The van der Waals surface area contributed by atoms with Gasteiger partial charge in [-0.3, -0.25) is 9.69 Å². The number of aliphatic hydroxyl groups is 1. The van der Waals surface area contributed by atoms with Crippen LogP contribution >= 0.6 is 0 Å². The van der Waals surface area contributed by atoms with Gasteiger partial charge in [0.15, 0.2) is 5.76 Å². The molecule has 0 bridgehead atoms. The maximum Gasteiger partial charge on any atom is 0.294 e. The Morgan fingerprint density at radius 3 is 2.10 bits per heavy atom. The smallest absolute Gasteiger partial charge is 0.294 e. The van der Waals surface area contributed by atoms with Crippen LogP contribution in [0.3, 0.4) is 0 Å². The van der Waals surface area contributed by atoms with Gasteiger partial charge in [0.05, 0.1) is 6.04 Å². The fraction of sp³-hybridized carbons (Fsp3) is 0.160. The van der Waals surface area contributed by atoms with Crippen LogP contribution in [0, 0.1) is 5.82 Å². The normalized spacial score (nSPS) is 16.8. The highest BCUT2D eigenvalue weighted by molar-refractivity contribution is 6.15. The van der Waals surface area contributed by atoms with E-state index in [2.05, 4.69) is 13.8 Å². The molecule has 1 amide bonds. The van der Waals surface area contributed by atoms with Crippen LogP contribution < -0.4 is 4.90 Å². The molecule has 3 aromatic rings. The zero-order chi connectivity index (χ0) is 20.5. The standard InChI is InChI=1S/C25H22FNO2/c1-16(2)17-8-10-19(11-9-17)23-22(18-6-4-3-5-7-18)24(28)25(29)27(23)21-14-12-20(26)13-15-21/h3-16,23,28H,1-2H3/t23-/m1/s1. The SMILES string of the molecule is CC(C)c1ccc([C@@H]2C(c3ccccc3)=C(O)C(=O)N2c2ccc(F)cc2)cc1. The number of hydrogen-bond donors (Lipinski definition) is 1. The maximum atomic E-state index is 13.5. The van der Waals surface area contributed by atoms with E-state index in [0.717, 1.165) is 11.1 Å². The summed E-state index contributed by atoms with van der Waals surface area (Å²) in [5.41, 5.74) is 3.95. The molecule has 1 atom stereocenters. The molecule has 0 radical (unpaired) electrons. The van der Waals surface area contributed by atoms with Gasteiger partial charge in [-0.15, -0.1) is 0 Å². The number of benzene rings is 3. The summed E-state index contributed by atoms with van der Waals surface area (Å²) in [6.45, 7) is 4.25. The summed E-state index contributed by atoms with van der Waals surface area (Å²) < 4.78 is 13.5. The number of halogens is 1. The molecule has 4 rings (SSSR count). The predicted octanol–water partition coefficient (Wildman–Crippen LogP) is 6.01. The first kappa shape index (κ1) is 18.9. The number of anilines is 1. The van der Waals surface area contributed by atoms with Crippen LogP contribution in [0.4, 0.5) is 10.1 Å². The zero-order valence-corrected chi connectivity index (χ0v) is 16.3. The Labute approximate surface area is 169 Å². The molecule has 3 nitrogen and oxygen atoms in total. The van der Waals surface area contributed by atoms with Gasteiger partial charge in [0.25, 0.3) is 5.91 Å². The third-order valence-electron chi connectivity index (χ3n) is 5.32. The van der Waals surface area contributed by atoms with Crippen molar-refractivity contribution in [1.82, 2.24) is 0 Å². The minimum Gasteiger partial charge on any atom is -0.503 e. The van der Waals surface area contributed by atoms with Gasteiger partial charge >= 0.3 is 0 Å². The van der Waals surface area contributed by atoms with Crippen LogP contribution in [0.1, 0.15) is 42.5 Å². The maximum absolute atomic E-state index is 13.5. The van der Waals surface area contributed by atoms with E-state index < -0.39 is 11.9 Å². The molecule has 0 aromatic heterocycles. The molecule has 1 heterocycles. The average molecular weight is 387 g/mol. The van der Waals surface area contributed by atoms with Crippen LogP contribution in [0.25, 0.3) is 5.57 Å². The summed E-state index contributed by atoms with van der Waals surface area (Å²) in [4.78, 5) is 14.6. The van der Waals surface area contributed by atoms with E-state index in [9.17, 15) is 14.3 Å². The van der Waals surface area contributed by atoms with Gasteiger partial charge < -0.3 is 5.11 Å². The molecule has 0 unspecified atom stereocenters. The van der Waals surface area contributed by atoms with Gasteiger partial charge in [0, 0.05) is 11.3 Å². The second-order valence-corrected chi connectivity index (χ2v) is 7.50. The molecule has 146 valence electrons. The lowest BCUT2D eigenvalue weighted by molar-refractivity contribution is -0.117. The largest absolute Gasteiger partial charge is 0.503 e. The van der Waals surface area contributed by atoms with E-state index in [4.69, 9.17) is 0 Å². The molecular formula is C25H22FNO2. The van der Waals surface area contributed by atoms with Crippen LogP contribution in [0.2, 0.25) is 0 Å². The molecule has 4 heteroatoms. The summed E-state index contributed by atoms with van der Waals surface area (Å²) in [5.74, 6) is -0.759. The van der Waals surface area contributed by atoms with E-state index in [1.807, 2.05) is 54.6 Å². The summed E-state index contributed by atoms with van der Waals surface area (Å²) in [7, 11) is 0. The van der Waals surface area contributed by atoms with Gasteiger partial charge in [0.2, 0.25) is 0 Å². The molecule has 0 saturated carbocycles. The molecule has 1 N–H and O–H groups in total. The highest BCUT2D eigenvalue weighted by Crippen LogP contribution is 2.45. The third-order valence-corrected chi connectivity index (χ3v) is 5.32. The Bertz CT molecular complexity index is 1050. The molecule has 0 spiro atoms. The van der Waals surface area contributed by atoms with E-state index in [1.165, 1.54) is 22.6 Å². The van der Waals surface area contributed by atoms with Crippen LogP contribution in [0.15, 0.2) is 84.6 Å². The Morgan fingerprint density at radius 1 is 0.897 bits per heavy atom. The molecule has 0 aliphatic carbocycles. The van der Waals surface area contributed by atoms with Crippen molar-refractivity contribution in [3.8, 4) is 0 Å². The lowest BCUT2D eigenvalue weighted by Gasteiger charge is -2.27. The quantitative estimate of drug-likeness (QED) is 0.596. The monoisotopic (exact) mass is 387 g/mol. The number of nitrogens with zero attached hydrogens (tertiary/aromatic N) is 1. The highest BCUT2D eigenvalue weighted by atomic mass is 19.1. The number of amides is 1. The van der Waals surface area contributed by atoms with Crippen molar-refractivity contribution in [1.29, 1.82) is 0 Å². The van der Waals surface area contributed by atoms with Gasteiger partial charge in [0.1, 0.15) is 5.82 Å². The minimum absolute atomic E-state index is 0.279. The zero-order valence-electron chi connectivity index (χ0n) is 16.3. The molecule has 1 aliphatic heterocycles. The Kier molecular flexibility index (Phi) is 4.93. The van der Waals surface area contributed by atoms with Gasteiger partial charge in [-0.2, -0.15) is 0 Å². The van der Waals surface area contributed by atoms with Gasteiger partial charge in [-0.25, -0.2) is 4.39 Å². The van der Waals surface area contributed by atoms with Crippen molar-refractivity contribution in [2.45, 2.75) is 25.8 Å². The van der Waals surface area contributed by atoms with Gasteiger partial charge in [-0.05, 0) is 46.9 Å². The van der Waals surface area contributed by atoms with E-state index in [1.54, 1.807) is 12.1 Å². The molecule has 0 saturated heterocycles. The Balaban J connectivity index is 1.87. The van der Waals surface area contributed by atoms with E-state index in [0.29, 0.717) is 17.2 Å². The van der Waals surface area contributed by atoms with Crippen LogP contribution in [0.5, 0.6) is 0 Å². The lowest BCUT2D eigenvalue weighted by atomic mass is 9.91. The number of carbonyl (C=O) groups is 1. The van der Waals surface area contributed by atoms with Crippen molar-refractivity contribution in [2.24, 2.45) is 0 Å². The average Bonchev–Trinajstić information content (AvgIpc) is 3.00. The van der Waals surface area contributed by atoms with Gasteiger partial charge in [-0.1, -0.05) is 68.4 Å². The van der Waals surface area contributed by atoms with Crippen molar-refractivity contribution < 1.29 is 14.3 Å². The number of hydrogen-bond acceptors (Lipinski definition) is 2. The van der Waals surface area contributed by atoms with Crippen molar-refractivity contribution in [2.75, 3.05) is 4.90 Å². The van der Waals surface area contributed by atoms with E-state index in [-0.39, 0.29) is 11.6 Å². The topological polar surface area (TPSA) is 40.5 Å². The first-order valence-electron chi connectivity index (χ1n) is 9.65. The van der Waals surface area contributed by atoms with Crippen LogP contribution in [-0.2, 0) is 4.79 Å². The van der Waals surface area contributed by atoms with E-state index >= 15 is 0 Å². The minimum atomic E-state index is -0.503. The molecule has 0 fully saturated rings. The first-order valence-corrected chi connectivity index (χ1v) is 9.65. The summed E-state index contributed by atoms with van der Waals surface area (Å²) in [5, 5.41) is 10.8. The van der Waals surface area contributed by atoms with Crippen LogP contribution in [-0.4, -0.2) is 11.0 Å².